The molecule has 2 N–H and O–H groups in total. The van der Waals surface area contributed by atoms with Gasteiger partial charge in [-0.25, -0.2) is 17.5 Å². The molecule has 164 valence electrons. The average molecular weight is 451 g/mol. The van der Waals surface area contributed by atoms with Gasteiger partial charge in [0.25, 0.3) is 0 Å². The molecular formula is C20H33FN4O3S. The third-order valence-electron chi connectivity index (χ3n) is 3.06. The Hall–Kier alpha value is -1.71. The van der Waals surface area contributed by atoms with Crippen LogP contribution in [0.4, 0.5) is 15.8 Å². The van der Waals surface area contributed by atoms with Crippen molar-refractivity contribution in [3.63, 3.8) is 0 Å². The summed E-state index contributed by atoms with van der Waals surface area (Å²) >= 11 is 0. The number of halogens is 1. The van der Waals surface area contributed by atoms with Crippen LogP contribution in [0.2, 0.25) is 2.82 Å². The Kier molecular flexibility index (Phi) is 2.80. The highest BCUT2D eigenvalue weighted by Gasteiger charge is 2.18. The maximum absolute atomic E-state index is 15.1. The van der Waals surface area contributed by atoms with Crippen molar-refractivity contribution < 1.29 is 47.8 Å². The molecule has 0 radical (unpaired) electrons. The Labute approximate surface area is 204 Å². The van der Waals surface area contributed by atoms with Crippen LogP contribution < -0.4 is 14.9 Å². The minimum absolute atomic E-state index is 0.00758. The molecule has 0 unspecified atom stereocenters. The number of unbranched alkanes of at least 4 members (excludes halogenated alkanes) is 1. The summed E-state index contributed by atoms with van der Waals surface area (Å²) in [4.78, 5) is 11.4. The molecule has 0 aliphatic carbocycles. The van der Waals surface area contributed by atoms with Gasteiger partial charge in [-0.3, -0.25) is 9.69 Å². The lowest BCUT2D eigenvalue weighted by Gasteiger charge is -2.36. The number of carbonyl (C=O) groups excluding carboxylic acids is 1. The normalized spacial score (nSPS) is 35.6. The van der Waals surface area contributed by atoms with E-state index < -0.39 is 133 Å². The second-order valence-corrected chi connectivity index (χ2v) is 6.88. The first-order valence-corrected chi connectivity index (χ1v) is 9.50. The fourth-order valence-electron chi connectivity index (χ4n) is 1.97. The smallest absolute Gasteiger partial charge is 0.221 e. The summed E-state index contributed by atoms with van der Waals surface area (Å²) in [6.45, 7) is -24.5. The summed E-state index contributed by atoms with van der Waals surface area (Å²) in [5.41, 5.74) is -7.08. The summed E-state index contributed by atoms with van der Waals surface area (Å²) in [6, 6.07) is -4.30. The molecule has 1 aliphatic rings. The molecule has 1 aliphatic heterocycles. The molecule has 0 saturated carbocycles. The minimum atomic E-state index is -5.90. The largest absolute Gasteiger partial charge is 0.369 e. The van der Waals surface area contributed by atoms with Crippen LogP contribution in [0.5, 0.6) is 0 Å². The Morgan fingerprint density at radius 2 is 2.10 bits per heavy atom. The zero-order chi connectivity index (χ0) is 40.7. The molecule has 29 heavy (non-hydrogen) atoms. The highest BCUT2D eigenvalue weighted by atomic mass is 32.2. The Balaban J connectivity index is 2.53. The zero-order valence-electron chi connectivity index (χ0n) is 37.1. The number of carbonyl (C=O) groups is 1. The maximum atomic E-state index is 15.1. The second kappa shape index (κ2) is 10.9. The summed E-state index contributed by atoms with van der Waals surface area (Å²) in [5.74, 6) is -7.38. The third kappa shape index (κ3) is 8.67. The van der Waals surface area contributed by atoms with E-state index in [2.05, 4.69) is 0 Å². The van der Waals surface area contributed by atoms with Crippen LogP contribution in [0.1, 0.15) is 60.9 Å². The maximum Gasteiger partial charge on any atom is 0.221 e. The predicted molar refractivity (Wildman–Crippen MR) is 115 cm³/mol. The monoisotopic (exact) mass is 450 g/mol. The molecule has 0 spiro atoms. The van der Waals surface area contributed by atoms with Crippen LogP contribution in [0.3, 0.4) is 0 Å². The third-order valence-corrected chi connectivity index (χ3v) is 4.05. The lowest BCUT2D eigenvalue weighted by atomic mass is 10.2. The van der Waals surface area contributed by atoms with E-state index in [1.807, 2.05) is 0 Å². The first-order valence-electron chi connectivity index (χ1n) is 19.0. The van der Waals surface area contributed by atoms with E-state index in [9.17, 15) is 13.2 Å². The molecule has 0 aromatic heterocycles. The number of amides is 1. The zero-order valence-corrected chi connectivity index (χ0v) is 15.9. The van der Waals surface area contributed by atoms with Gasteiger partial charge in [-0.1, -0.05) is 13.7 Å². The summed E-state index contributed by atoms with van der Waals surface area (Å²) in [7, 11) is -5.90. The SMILES string of the molecule is [2H]c1c(F)c([2H])c(N2C([2H])([2H])C([2H])([2H])N(CCCCN([2H])S(=O)(=O)C([2H])([2H])C([2H])(C([2H])([2H])[2H])C([2H])([2H])[2H])C([2H])([2H])C2([2H])[2H])c([2H])c1N([2H])C(C)=O. The molecule has 7 nitrogen and oxygen atoms in total. The van der Waals surface area contributed by atoms with Crippen molar-refractivity contribution in [2.75, 3.05) is 55.0 Å². The lowest BCUT2D eigenvalue weighted by molar-refractivity contribution is -0.114. The van der Waals surface area contributed by atoms with Crippen molar-refractivity contribution >= 4 is 27.3 Å². The number of nitrogens with zero attached hydrogens (tertiary/aromatic N) is 2. The molecule has 2 rings (SSSR count). The molecule has 0 bridgehead atoms. The molecule has 1 heterocycles. The number of rotatable bonds is 10. The van der Waals surface area contributed by atoms with Gasteiger partial charge in [0.1, 0.15) is 7.23 Å². The number of hydrogen-bond acceptors (Lipinski definition) is 5. The van der Waals surface area contributed by atoms with Gasteiger partial charge in [-0.05, 0) is 43.4 Å². The Morgan fingerprint density at radius 3 is 2.76 bits per heavy atom. The van der Waals surface area contributed by atoms with E-state index in [1.54, 1.807) is 0 Å². The first-order chi connectivity index (χ1) is 22.4. The molecule has 1 saturated heterocycles. The summed E-state index contributed by atoms with van der Waals surface area (Å²) in [5, 5.41) is -0.182. The van der Waals surface area contributed by atoms with Gasteiger partial charge in [0, 0.05) is 68.7 Å². The van der Waals surface area contributed by atoms with Crippen LogP contribution in [0.15, 0.2) is 18.1 Å². The van der Waals surface area contributed by atoms with Crippen molar-refractivity contribution in [2.24, 2.45) is 5.89 Å². The van der Waals surface area contributed by atoms with E-state index >= 15 is 4.39 Å². The molecule has 1 amide bonds. The first kappa shape index (κ1) is 7.46. The number of benzene rings is 1. The summed E-state index contributed by atoms with van der Waals surface area (Å²) < 4.78 is 217. The van der Waals surface area contributed by atoms with Gasteiger partial charge >= 0.3 is 0 Å². The van der Waals surface area contributed by atoms with E-state index in [1.165, 1.54) is 0 Å². The van der Waals surface area contributed by atoms with Crippen molar-refractivity contribution in [3.8, 4) is 0 Å². The van der Waals surface area contributed by atoms with Gasteiger partial charge in [-0.2, -0.15) is 0 Å². The van der Waals surface area contributed by atoms with Gasteiger partial charge in [-0.15, -0.1) is 0 Å². The standard InChI is InChI=1S/C20H33FN4O3S/c1-16(2)15-29(27,28)22-6-4-5-7-24-8-10-25(11-9-24)20-13-18(21)12-19(14-20)23-17(3)26/h12-14,16,22H,4-11,15H2,1-3H3,(H,23,26)/i1D3,2D3,8D2,9D2,10D2,11D2,12D,13D,14D,15D2,16D/hD2. The molecule has 0 atom stereocenters. The predicted octanol–water partition coefficient (Wildman–Crippen LogP) is 2.26. The Morgan fingerprint density at radius 1 is 1.38 bits per heavy atom. The number of sulfonamides is 1. The van der Waals surface area contributed by atoms with E-state index in [-0.39, 0.29) is 15.1 Å². The highest BCUT2D eigenvalue weighted by Crippen LogP contribution is 2.23. The fourth-order valence-corrected chi connectivity index (χ4v) is 2.66. The molecular weight excluding hydrogens is 395 g/mol. The van der Waals surface area contributed by atoms with Gasteiger partial charge < -0.3 is 10.2 Å². The van der Waals surface area contributed by atoms with Crippen molar-refractivity contribution in [1.82, 2.24) is 9.62 Å². The second-order valence-electron chi connectivity index (χ2n) is 5.46. The topological polar surface area (TPSA) is 81.8 Å². The van der Waals surface area contributed by atoms with Crippen molar-refractivity contribution in [3.05, 3.63) is 23.9 Å². The van der Waals surface area contributed by atoms with Crippen molar-refractivity contribution in [2.45, 2.75) is 33.5 Å². The van der Waals surface area contributed by atoms with Crippen LogP contribution in [-0.4, -0.2) is 64.0 Å². The number of anilines is 2. The highest BCUT2D eigenvalue weighted by molar-refractivity contribution is 7.89. The van der Waals surface area contributed by atoms with E-state index in [4.69, 9.17) is 30.2 Å². The van der Waals surface area contributed by atoms with Gasteiger partial charge in [0.15, 0.2) is 1.41 Å². The van der Waals surface area contributed by atoms with Crippen LogP contribution >= 0.6 is 0 Å². The fraction of sp³-hybridized carbons (Fsp3) is 0.650. The van der Waals surface area contributed by atoms with Crippen LogP contribution in [-0.2, 0) is 14.8 Å². The minimum Gasteiger partial charge on any atom is -0.369 e. The molecule has 1 fully saturated rings. The lowest BCUT2D eigenvalue weighted by Crippen LogP contribution is -2.46. The van der Waals surface area contributed by atoms with Crippen LogP contribution in [0, 0.1) is 11.7 Å². The van der Waals surface area contributed by atoms with E-state index in [0.717, 1.165) is 6.92 Å². The Bertz CT molecular complexity index is 1590. The van der Waals surface area contributed by atoms with Crippen molar-refractivity contribution in [1.29, 1.82) is 0 Å². The van der Waals surface area contributed by atoms with Crippen LogP contribution in [0.25, 0.3) is 0 Å². The molecule has 1 aromatic rings. The number of nitrogens with one attached hydrogen (secondary N) is 2. The summed E-state index contributed by atoms with van der Waals surface area (Å²) in [6.07, 6.45) is -1.28. The quantitative estimate of drug-likeness (QED) is 0.535. The van der Waals surface area contributed by atoms with E-state index in [0.29, 0.717) is 0 Å². The molecule has 1 aromatic carbocycles. The number of hydrogen-bond donors (Lipinski definition) is 2. The molecule has 9 heteroatoms. The van der Waals surface area contributed by atoms with Gasteiger partial charge in [0.2, 0.25) is 15.9 Å². The van der Waals surface area contributed by atoms with Gasteiger partial charge in [0.05, 0.1) is 15.3 Å². The average Bonchev–Trinajstić information content (AvgIpc) is 2.94. The number of piperazine rings is 1.